The second kappa shape index (κ2) is 4.55. The molecule has 0 bridgehead atoms. The Hall–Kier alpha value is -0.0800. The molecule has 0 saturated heterocycles. The Kier molecular flexibility index (Phi) is 3.24. The molecule has 0 aliphatic heterocycles. The molecule has 0 aromatic heterocycles. The summed E-state index contributed by atoms with van der Waals surface area (Å²) in [5.74, 6) is 3.57. The van der Waals surface area contributed by atoms with Crippen LogP contribution < -0.4 is 0 Å². The van der Waals surface area contributed by atoms with Crippen molar-refractivity contribution >= 4 is 0 Å². The fraction of sp³-hybridized carbons (Fsp3) is 1.00. The van der Waals surface area contributed by atoms with Crippen molar-refractivity contribution in [3.8, 4) is 0 Å². The molecular weight excluding hydrogens is 284 g/mol. The van der Waals surface area contributed by atoms with Crippen molar-refractivity contribution in [2.75, 3.05) is 0 Å². The Balaban J connectivity index is 1.50. The van der Waals surface area contributed by atoms with Gasteiger partial charge >= 0.3 is 0 Å². The maximum atomic E-state index is 11.0. The minimum absolute atomic E-state index is 0.134. The summed E-state index contributed by atoms with van der Waals surface area (Å²) in [6.07, 6.45) is 7.02. The van der Waals surface area contributed by atoms with Crippen LogP contribution in [0.5, 0.6) is 0 Å². The van der Waals surface area contributed by atoms with E-state index in [-0.39, 0.29) is 11.0 Å². The van der Waals surface area contributed by atoms with Gasteiger partial charge in [0.1, 0.15) is 0 Å². The fourth-order valence-electron chi connectivity index (χ4n) is 7.83. The lowest BCUT2D eigenvalue weighted by Crippen LogP contribution is -2.89. The van der Waals surface area contributed by atoms with E-state index in [0.717, 1.165) is 30.6 Å². The smallest absolute Gasteiger partial charge is 0.160 e. The summed E-state index contributed by atoms with van der Waals surface area (Å²) >= 11 is 0. The molecular formula is C21H36O2. The number of aliphatic hydroxyl groups is 1. The van der Waals surface area contributed by atoms with E-state index in [9.17, 15) is 5.11 Å². The molecule has 2 heteroatoms. The quantitative estimate of drug-likeness (QED) is 0.669. The van der Waals surface area contributed by atoms with E-state index in [2.05, 4.69) is 41.5 Å². The summed E-state index contributed by atoms with van der Waals surface area (Å²) in [6.45, 7) is 13.4. The lowest BCUT2D eigenvalue weighted by molar-refractivity contribution is -0.477. The van der Waals surface area contributed by atoms with Gasteiger partial charge in [0.05, 0.1) is 5.60 Å². The molecule has 2 nitrogen and oxygen atoms in total. The second-order valence-corrected chi connectivity index (χ2v) is 10.6. The average Bonchev–Trinajstić information content (AvgIpc) is 2.33. The zero-order chi connectivity index (χ0) is 16.8. The number of hydrogen-bond acceptors (Lipinski definition) is 2. The Morgan fingerprint density at radius 2 is 1.65 bits per heavy atom. The highest BCUT2D eigenvalue weighted by atomic mass is 16.6. The standard InChI is InChI=1S/C21H36O2/c1-7-19(6,10-13(2)3)17(22)23-18(4,5)20-11-15-8-14-9-16(12-20)21(14,15)20/h13-17,22H,7-12H2,1-6H3. The van der Waals surface area contributed by atoms with Crippen LogP contribution in [0.15, 0.2) is 0 Å². The molecule has 1 spiro atoms. The molecule has 4 unspecified atom stereocenters. The predicted molar refractivity (Wildman–Crippen MR) is 92.8 cm³/mol. The molecule has 132 valence electrons. The number of rotatable bonds is 7. The van der Waals surface area contributed by atoms with Crippen molar-refractivity contribution in [1.82, 2.24) is 0 Å². The van der Waals surface area contributed by atoms with Gasteiger partial charge in [-0.3, -0.25) is 0 Å². The van der Waals surface area contributed by atoms with Gasteiger partial charge in [-0.05, 0) is 81.5 Å². The topological polar surface area (TPSA) is 29.5 Å². The Bertz CT molecular complexity index is 482. The van der Waals surface area contributed by atoms with Crippen LogP contribution in [0.4, 0.5) is 0 Å². The molecule has 0 amide bonds. The first kappa shape index (κ1) is 16.4. The zero-order valence-electron chi connectivity index (χ0n) is 16.0. The molecule has 4 saturated carbocycles. The molecule has 4 fully saturated rings. The van der Waals surface area contributed by atoms with Gasteiger partial charge < -0.3 is 9.84 Å². The number of ether oxygens (including phenoxy) is 1. The van der Waals surface area contributed by atoms with E-state index in [0.29, 0.717) is 16.7 Å². The Morgan fingerprint density at radius 3 is 2.04 bits per heavy atom. The summed E-state index contributed by atoms with van der Waals surface area (Å²) in [5, 5.41) is 11.0. The van der Waals surface area contributed by atoms with Crippen molar-refractivity contribution < 1.29 is 9.84 Å². The van der Waals surface area contributed by atoms with Gasteiger partial charge in [-0.1, -0.05) is 27.7 Å². The molecule has 4 atom stereocenters. The Labute approximate surface area is 142 Å². The van der Waals surface area contributed by atoms with Crippen LogP contribution in [0.25, 0.3) is 0 Å². The maximum Gasteiger partial charge on any atom is 0.160 e. The van der Waals surface area contributed by atoms with Gasteiger partial charge in [-0.2, -0.15) is 0 Å². The number of hydrogen-bond donors (Lipinski definition) is 1. The third-order valence-corrected chi connectivity index (χ3v) is 9.02. The minimum Gasteiger partial charge on any atom is -0.367 e. The van der Waals surface area contributed by atoms with Gasteiger partial charge in [0, 0.05) is 10.8 Å². The molecule has 0 aromatic carbocycles. The average molecular weight is 321 g/mol. The van der Waals surface area contributed by atoms with Gasteiger partial charge in [-0.15, -0.1) is 0 Å². The van der Waals surface area contributed by atoms with Crippen LogP contribution in [0.2, 0.25) is 0 Å². The van der Waals surface area contributed by atoms with Crippen LogP contribution in [0.3, 0.4) is 0 Å². The van der Waals surface area contributed by atoms with Gasteiger partial charge in [0.2, 0.25) is 0 Å². The third-order valence-electron chi connectivity index (χ3n) is 9.02. The van der Waals surface area contributed by atoms with Crippen LogP contribution >= 0.6 is 0 Å². The van der Waals surface area contributed by atoms with E-state index in [1.807, 2.05) is 0 Å². The fourth-order valence-corrected chi connectivity index (χ4v) is 7.83. The van der Waals surface area contributed by atoms with E-state index in [1.165, 1.54) is 25.7 Å². The SMILES string of the molecule is CCC(C)(CC(C)C)C(O)OC(C)(C)C12CC3CC4CC(C1)C432. The molecule has 4 aliphatic rings. The molecule has 4 rings (SSSR count). The zero-order valence-corrected chi connectivity index (χ0v) is 16.0. The molecule has 1 N–H and O–H groups in total. The van der Waals surface area contributed by atoms with Crippen molar-refractivity contribution in [1.29, 1.82) is 0 Å². The lowest BCUT2D eigenvalue weighted by Gasteiger charge is -2.93. The maximum absolute atomic E-state index is 11.0. The van der Waals surface area contributed by atoms with E-state index >= 15 is 0 Å². The van der Waals surface area contributed by atoms with Gasteiger partial charge in [0.25, 0.3) is 0 Å². The van der Waals surface area contributed by atoms with E-state index < -0.39 is 6.29 Å². The highest BCUT2D eigenvalue weighted by Gasteiger charge is 2.90. The second-order valence-electron chi connectivity index (χ2n) is 10.6. The number of aliphatic hydroxyl groups excluding tert-OH is 1. The van der Waals surface area contributed by atoms with Crippen molar-refractivity contribution in [3.63, 3.8) is 0 Å². The highest BCUT2D eigenvalue weighted by molar-refractivity contribution is 5.38. The Morgan fingerprint density at radius 1 is 1.09 bits per heavy atom. The summed E-state index contributed by atoms with van der Waals surface area (Å²) in [7, 11) is 0. The van der Waals surface area contributed by atoms with Crippen LogP contribution in [-0.4, -0.2) is 17.0 Å². The minimum atomic E-state index is -0.646. The summed E-state index contributed by atoms with van der Waals surface area (Å²) in [6, 6.07) is 0. The third kappa shape index (κ3) is 1.64. The van der Waals surface area contributed by atoms with Gasteiger partial charge in [-0.25, -0.2) is 0 Å². The molecule has 0 heterocycles. The van der Waals surface area contributed by atoms with Crippen LogP contribution in [0, 0.1) is 39.9 Å². The van der Waals surface area contributed by atoms with Crippen molar-refractivity contribution in [2.45, 2.75) is 92.0 Å². The van der Waals surface area contributed by atoms with Crippen molar-refractivity contribution in [3.05, 3.63) is 0 Å². The molecule has 23 heavy (non-hydrogen) atoms. The molecule has 0 aromatic rings. The first-order chi connectivity index (χ1) is 10.6. The predicted octanol–water partition coefficient (Wildman–Crippen LogP) is 5.00. The summed E-state index contributed by atoms with van der Waals surface area (Å²) < 4.78 is 6.50. The normalized spacial score (nSPS) is 47.2. The highest BCUT2D eigenvalue weighted by Crippen LogP contribution is 2.95. The van der Waals surface area contributed by atoms with E-state index in [4.69, 9.17) is 4.74 Å². The molecule has 0 radical (unpaired) electrons. The lowest BCUT2D eigenvalue weighted by atomic mass is 9.11. The summed E-state index contributed by atoms with van der Waals surface area (Å²) in [4.78, 5) is 0. The largest absolute Gasteiger partial charge is 0.367 e. The van der Waals surface area contributed by atoms with Crippen LogP contribution in [-0.2, 0) is 4.74 Å². The van der Waals surface area contributed by atoms with Crippen LogP contribution in [0.1, 0.15) is 80.1 Å². The van der Waals surface area contributed by atoms with Crippen molar-refractivity contribution in [2.24, 2.45) is 39.9 Å². The first-order valence-electron chi connectivity index (χ1n) is 9.99. The van der Waals surface area contributed by atoms with Gasteiger partial charge in [0.15, 0.2) is 6.29 Å². The summed E-state index contributed by atoms with van der Waals surface area (Å²) in [5.41, 5.74) is 0.706. The monoisotopic (exact) mass is 320 g/mol. The molecule has 4 aliphatic carbocycles. The first-order valence-corrected chi connectivity index (χ1v) is 9.99. The van der Waals surface area contributed by atoms with E-state index in [1.54, 1.807) is 0 Å².